The van der Waals surface area contributed by atoms with Crippen LogP contribution in [0.4, 0.5) is 28.9 Å². The third-order valence-electron chi connectivity index (χ3n) is 6.71. The third-order valence-corrected chi connectivity index (χ3v) is 7.52. The molecule has 0 aliphatic carbocycles. The zero-order valence-corrected chi connectivity index (χ0v) is 24.6. The monoisotopic (exact) mass is 606 g/mol. The number of anilines is 2. The Morgan fingerprint density at radius 2 is 2.02 bits per heavy atom. The van der Waals surface area contributed by atoms with E-state index in [4.69, 9.17) is 4.74 Å². The number of ether oxygens (including phenoxy) is 1. The summed E-state index contributed by atoms with van der Waals surface area (Å²) in [5, 5.41) is 8.91. The minimum absolute atomic E-state index is 0.0342. The summed E-state index contributed by atoms with van der Waals surface area (Å²) in [6.07, 6.45) is 1.18. The van der Waals surface area contributed by atoms with Gasteiger partial charge < -0.3 is 25.6 Å². The van der Waals surface area contributed by atoms with Crippen LogP contribution in [0.1, 0.15) is 36.3 Å². The Hall–Kier alpha value is -3.63. The number of halogens is 4. The number of likely N-dealkylation sites (tertiary alicyclic amines) is 1. The molecule has 0 spiro atoms. The molecular formula is C29H34F4N6O2S. The lowest BCUT2D eigenvalue weighted by atomic mass is 9.95. The normalized spacial score (nSPS) is 17.5. The van der Waals surface area contributed by atoms with Gasteiger partial charge in [-0.1, -0.05) is 5.92 Å². The van der Waals surface area contributed by atoms with Crippen LogP contribution in [-0.4, -0.2) is 78.3 Å². The Balaban J connectivity index is 1.56. The van der Waals surface area contributed by atoms with Crippen LogP contribution >= 0.6 is 11.8 Å². The van der Waals surface area contributed by atoms with Crippen molar-refractivity contribution in [3.8, 4) is 17.6 Å². The number of nitrogens with zero attached hydrogens (tertiary/aromatic N) is 3. The number of hydrogen-bond donors (Lipinski definition) is 3. The zero-order chi connectivity index (χ0) is 30.4. The first kappa shape index (κ1) is 31.3. The Bertz CT molecular complexity index is 1470. The van der Waals surface area contributed by atoms with Gasteiger partial charge in [0.1, 0.15) is 22.6 Å². The quantitative estimate of drug-likeness (QED) is 0.174. The number of aromatic nitrogens is 2. The maximum atomic E-state index is 14.5. The molecule has 0 radical (unpaired) electrons. The Morgan fingerprint density at radius 3 is 2.71 bits per heavy atom. The SMILES string of the molecule is COc1ccc(C(=O)NC(C)C)cc1NCC#Cc1nc2c(NC[C@@H]3CCN(C)C[C@@H]3F)cccn2c1SC(F)(F)F. The lowest BCUT2D eigenvalue weighted by molar-refractivity contribution is -0.0330. The topological polar surface area (TPSA) is 82.9 Å². The van der Waals surface area contributed by atoms with Crippen molar-refractivity contribution in [2.75, 3.05) is 51.0 Å². The molecule has 13 heteroatoms. The molecule has 1 aliphatic heterocycles. The van der Waals surface area contributed by atoms with Crippen LogP contribution < -0.4 is 20.7 Å². The highest BCUT2D eigenvalue weighted by molar-refractivity contribution is 8.00. The number of nitrogens with one attached hydrogen (secondary N) is 3. The number of carbonyl (C=O) groups excluding carboxylic acids is 1. The van der Waals surface area contributed by atoms with Crippen molar-refractivity contribution in [1.29, 1.82) is 0 Å². The molecule has 3 N–H and O–H groups in total. The summed E-state index contributed by atoms with van der Waals surface area (Å²) in [6.45, 7) is 5.23. The average Bonchev–Trinajstić information content (AvgIpc) is 3.26. The molecule has 3 heterocycles. The van der Waals surface area contributed by atoms with Crippen LogP contribution in [0.2, 0.25) is 0 Å². The highest BCUT2D eigenvalue weighted by Gasteiger charge is 2.33. The molecule has 0 bridgehead atoms. The van der Waals surface area contributed by atoms with Crippen LogP contribution in [0.3, 0.4) is 0 Å². The van der Waals surface area contributed by atoms with Crippen LogP contribution in [0, 0.1) is 17.8 Å². The fourth-order valence-corrected chi connectivity index (χ4v) is 5.31. The van der Waals surface area contributed by atoms with Crippen molar-refractivity contribution < 1.29 is 27.1 Å². The number of hydrogen-bond acceptors (Lipinski definition) is 7. The van der Waals surface area contributed by atoms with Crippen molar-refractivity contribution in [3.63, 3.8) is 0 Å². The summed E-state index contributed by atoms with van der Waals surface area (Å²) in [7, 11) is 3.36. The molecular weight excluding hydrogens is 572 g/mol. The maximum Gasteiger partial charge on any atom is 0.447 e. The lowest BCUT2D eigenvalue weighted by Crippen LogP contribution is -2.41. The van der Waals surface area contributed by atoms with Gasteiger partial charge in [0.2, 0.25) is 0 Å². The summed E-state index contributed by atoms with van der Waals surface area (Å²) < 4.78 is 61.8. The van der Waals surface area contributed by atoms with E-state index in [1.165, 1.54) is 17.7 Å². The van der Waals surface area contributed by atoms with Crippen molar-refractivity contribution in [2.45, 2.75) is 43.0 Å². The van der Waals surface area contributed by atoms with E-state index in [0.717, 1.165) is 6.54 Å². The zero-order valence-electron chi connectivity index (χ0n) is 23.8. The van der Waals surface area contributed by atoms with Gasteiger partial charge in [-0.05, 0) is 70.1 Å². The summed E-state index contributed by atoms with van der Waals surface area (Å²) in [4.78, 5) is 18.8. The van der Waals surface area contributed by atoms with Crippen molar-refractivity contribution in [2.24, 2.45) is 5.92 Å². The Kier molecular flexibility index (Phi) is 10.1. The predicted octanol–water partition coefficient (Wildman–Crippen LogP) is 5.26. The number of alkyl halides is 4. The highest BCUT2D eigenvalue weighted by Crippen LogP contribution is 2.39. The molecule has 1 saturated heterocycles. The van der Waals surface area contributed by atoms with Crippen LogP contribution in [0.15, 0.2) is 41.6 Å². The molecule has 0 unspecified atom stereocenters. The first-order chi connectivity index (χ1) is 19.9. The van der Waals surface area contributed by atoms with E-state index in [2.05, 4.69) is 32.8 Å². The largest absolute Gasteiger partial charge is 0.495 e. The van der Waals surface area contributed by atoms with E-state index in [1.54, 1.807) is 30.3 Å². The second-order valence-electron chi connectivity index (χ2n) is 10.3. The van der Waals surface area contributed by atoms with Crippen molar-refractivity contribution in [3.05, 3.63) is 47.8 Å². The molecule has 1 amide bonds. The number of pyridine rings is 1. The second kappa shape index (κ2) is 13.6. The van der Waals surface area contributed by atoms with E-state index < -0.39 is 11.7 Å². The molecule has 226 valence electrons. The fraction of sp³-hybridized carbons (Fsp3) is 0.448. The van der Waals surface area contributed by atoms with Gasteiger partial charge in [-0.15, -0.1) is 0 Å². The van der Waals surface area contributed by atoms with Crippen molar-refractivity contribution >= 4 is 34.7 Å². The van der Waals surface area contributed by atoms with Crippen LogP contribution in [0.25, 0.3) is 5.65 Å². The number of thioether (sulfide) groups is 1. The van der Waals surface area contributed by atoms with E-state index in [1.807, 2.05) is 25.8 Å². The number of fused-ring (bicyclic) bond motifs is 1. The first-order valence-electron chi connectivity index (χ1n) is 13.5. The predicted molar refractivity (Wildman–Crippen MR) is 157 cm³/mol. The molecule has 1 aromatic carbocycles. The van der Waals surface area contributed by atoms with Gasteiger partial charge in [0.05, 0.1) is 25.0 Å². The molecule has 0 saturated carbocycles. The van der Waals surface area contributed by atoms with Gasteiger partial charge in [0.25, 0.3) is 5.91 Å². The van der Waals surface area contributed by atoms with E-state index in [9.17, 15) is 22.4 Å². The number of carbonyl (C=O) groups is 1. The van der Waals surface area contributed by atoms with Gasteiger partial charge in [-0.2, -0.15) is 13.2 Å². The van der Waals surface area contributed by atoms with E-state index >= 15 is 0 Å². The van der Waals surface area contributed by atoms with Gasteiger partial charge in [-0.25, -0.2) is 9.37 Å². The van der Waals surface area contributed by atoms with Gasteiger partial charge in [-0.3, -0.25) is 9.20 Å². The molecule has 2 atom stereocenters. The van der Waals surface area contributed by atoms with Crippen LogP contribution in [0.5, 0.6) is 5.75 Å². The minimum Gasteiger partial charge on any atom is -0.495 e. The summed E-state index contributed by atoms with van der Waals surface area (Å²) in [6, 6.07) is 8.19. The van der Waals surface area contributed by atoms with Gasteiger partial charge in [0.15, 0.2) is 5.65 Å². The van der Waals surface area contributed by atoms with Gasteiger partial charge >= 0.3 is 5.51 Å². The minimum atomic E-state index is -4.56. The summed E-state index contributed by atoms with van der Waals surface area (Å²) in [5.74, 6) is 5.62. The number of rotatable bonds is 9. The van der Waals surface area contributed by atoms with Gasteiger partial charge in [0, 0.05) is 48.6 Å². The molecule has 1 fully saturated rings. The molecule has 8 nitrogen and oxygen atoms in total. The molecule has 1 aliphatic rings. The second-order valence-corrected chi connectivity index (χ2v) is 11.4. The van der Waals surface area contributed by atoms with Crippen molar-refractivity contribution in [1.82, 2.24) is 19.6 Å². The molecule has 2 aromatic heterocycles. The lowest BCUT2D eigenvalue weighted by Gasteiger charge is -2.32. The highest BCUT2D eigenvalue weighted by atomic mass is 32.2. The number of methoxy groups -OCH3 is 1. The summed E-state index contributed by atoms with van der Waals surface area (Å²) >= 11 is -0.291. The maximum absolute atomic E-state index is 14.5. The number of piperidine rings is 1. The number of imidazole rings is 1. The average molecular weight is 607 g/mol. The first-order valence-corrected chi connectivity index (χ1v) is 14.3. The number of amides is 1. The molecule has 3 aromatic rings. The van der Waals surface area contributed by atoms with E-state index in [0.29, 0.717) is 42.2 Å². The molecule has 42 heavy (non-hydrogen) atoms. The standard InChI is InChI=1S/C29H34F4N6O2S/c1-18(2)36-27(40)19-9-10-25(41-4)24(15-19)34-12-5-7-23-28(42-29(31,32)33)39-13-6-8-22(26(39)37-23)35-16-20-11-14-38(3)17-21(20)30/h6,8-10,13,15,18,20-21,34-35H,11-12,14,16-17H2,1-4H3,(H,36,40)/t20-,21-/m0/s1. The smallest absolute Gasteiger partial charge is 0.447 e. The van der Waals surface area contributed by atoms with E-state index in [-0.39, 0.29) is 52.5 Å². The fourth-order valence-electron chi connectivity index (χ4n) is 4.65. The van der Waals surface area contributed by atoms with Crippen LogP contribution in [-0.2, 0) is 0 Å². The Morgan fingerprint density at radius 1 is 1.24 bits per heavy atom. The number of benzene rings is 1. The summed E-state index contributed by atoms with van der Waals surface area (Å²) in [5.41, 5.74) is -2.89. The third kappa shape index (κ3) is 8.01. The molecule has 4 rings (SSSR count). The Labute approximate surface area is 246 Å².